The Labute approximate surface area is 122 Å². The zero-order valence-corrected chi connectivity index (χ0v) is 13.4. The number of hydrogen-bond donors (Lipinski definition) is 1. The zero-order valence-electron chi connectivity index (χ0n) is 13.4. The number of ether oxygens (including phenoxy) is 1. The standard InChI is InChI=1S/C17H28FNO/c1-13(10-11-19-17(2,3)4)6-7-14-8-9-15(20-5)12-16(14)18/h8-9,12-13,19H,6-7,10-11H2,1-5H3. The van der Waals surface area contributed by atoms with E-state index < -0.39 is 0 Å². The fourth-order valence-electron chi connectivity index (χ4n) is 2.10. The van der Waals surface area contributed by atoms with E-state index in [0.29, 0.717) is 11.7 Å². The highest BCUT2D eigenvalue weighted by Gasteiger charge is 2.10. The lowest BCUT2D eigenvalue weighted by molar-refractivity contribution is 0.385. The van der Waals surface area contributed by atoms with Crippen LogP contribution in [0, 0.1) is 11.7 Å². The van der Waals surface area contributed by atoms with E-state index in [1.165, 1.54) is 6.07 Å². The first-order valence-electron chi connectivity index (χ1n) is 7.39. The first kappa shape index (κ1) is 17.0. The van der Waals surface area contributed by atoms with Gasteiger partial charge in [0.1, 0.15) is 11.6 Å². The normalized spacial score (nSPS) is 13.3. The number of nitrogens with one attached hydrogen (secondary N) is 1. The number of benzene rings is 1. The van der Waals surface area contributed by atoms with Crippen LogP contribution in [0.15, 0.2) is 18.2 Å². The first-order chi connectivity index (χ1) is 9.31. The molecule has 0 aliphatic carbocycles. The number of methoxy groups -OCH3 is 1. The van der Waals surface area contributed by atoms with Gasteiger partial charge in [-0.2, -0.15) is 0 Å². The Hall–Kier alpha value is -1.09. The van der Waals surface area contributed by atoms with Gasteiger partial charge in [0.2, 0.25) is 0 Å². The van der Waals surface area contributed by atoms with Crippen LogP contribution < -0.4 is 10.1 Å². The van der Waals surface area contributed by atoms with E-state index in [2.05, 4.69) is 33.0 Å². The van der Waals surface area contributed by atoms with Crippen molar-refractivity contribution in [2.24, 2.45) is 5.92 Å². The smallest absolute Gasteiger partial charge is 0.130 e. The predicted octanol–water partition coefficient (Wildman–Crippen LogP) is 4.18. The quantitative estimate of drug-likeness (QED) is 0.809. The molecule has 1 aromatic carbocycles. The molecular formula is C17H28FNO. The summed E-state index contributed by atoms with van der Waals surface area (Å²) in [6.45, 7) is 9.75. The van der Waals surface area contributed by atoms with Gasteiger partial charge >= 0.3 is 0 Å². The van der Waals surface area contributed by atoms with E-state index >= 15 is 0 Å². The molecule has 1 N–H and O–H groups in total. The monoisotopic (exact) mass is 281 g/mol. The minimum atomic E-state index is -0.163. The number of halogens is 1. The Morgan fingerprint density at radius 2 is 1.95 bits per heavy atom. The minimum Gasteiger partial charge on any atom is -0.497 e. The minimum absolute atomic E-state index is 0.163. The van der Waals surface area contributed by atoms with Crippen molar-refractivity contribution >= 4 is 0 Å². The lowest BCUT2D eigenvalue weighted by Gasteiger charge is -2.22. The summed E-state index contributed by atoms with van der Waals surface area (Å²) in [5.41, 5.74) is 0.948. The van der Waals surface area contributed by atoms with E-state index in [4.69, 9.17) is 4.74 Å². The van der Waals surface area contributed by atoms with Crippen LogP contribution in [0.1, 0.15) is 46.1 Å². The van der Waals surface area contributed by atoms with E-state index in [9.17, 15) is 4.39 Å². The van der Waals surface area contributed by atoms with Crippen LogP contribution in [0.5, 0.6) is 5.75 Å². The molecule has 0 bridgehead atoms. The van der Waals surface area contributed by atoms with Gasteiger partial charge in [-0.3, -0.25) is 0 Å². The summed E-state index contributed by atoms with van der Waals surface area (Å²) in [7, 11) is 1.55. The second-order valence-electron chi connectivity index (χ2n) is 6.57. The molecule has 1 aromatic rings. The molecule has 0 aliphatic heterocycles. The third kappa shape index (κ3) is 6.38. The van der Waals surface area contributed by atoms with E-state index in [1.54, 1.807) is 7.11 Å². The average molecular weight is 281 g/mol. The molecule has 1 rings (SSSR count). The highest BCUT2D eigenvalue weighted by molar-refractivity contribution is 5.28. The van der Waals surface area contributed by atoms with Crippen LogP contribution in [-0.2, 0) is 6.42 Å². The van der Waals surface area contributed by atoms with Crippen LogP contribution in [0.25, 0.3) is 0 Å². The molecule has 1 unspecified atom stereocenters. The summed E-state index contributed by atoms with van der Waals surface area (Å²) in [5.74, 6) is 1.00. The van der Waals surface area contributed by atoms with E-state index in [1.807, 2.05) is 12.1 Å². The molecule has 0 spiro atoms. The maximum absolute atomic E-state index is 13.8. The molecule has 0 saturated carbocycles. The molecule has 1 atom stereocenters. The van der Waals surface area contributed by atoms with Crippen LogP contribution in [0.3, 0.4) is 0 Å². The van der Waals surface area contributed by atoms with Crippen LogP contribution in [0.2, 0.25) is 0 Å². The van der Waals surface area contributed by atoms with Crippen LogP contribution in [0.4, 0.5) is 4.39 Å². The van der Waals surface area contributed by atoms with Gasteiger partial charge in [-0.05, 0) is 64.1 Å². The Balaban J connectivity index is 2.35. The van der Waals surface area contributed by atoms with Crippen molar-refractivity contribution in [1.29, 1.82) is 0 Å². The van der Waals surface area contributed by atoms with Gasteiger partial charge in [-0.15, -0.1) is 0 Å². The summed E-state index contributed by atoms with van der Waals surface area (Å²) >= 11 is 0. The highest BCUT2D eigenvalue weighted by Crippen LogP contribution is 2.19. The molecule has 0 aromatic heterocycles. The van der Waals surface area contributed by atoms with Gasteiger partial charge in [0.15, 0.2) is 0 Å². The molecular weight excluding hydrogens is 253 g/mol. The topological polar surface area (TPSA) is 21.3 Å². The van der Waals surface area contributed by atoms with Gasteiger partial charge in [0, 0.05) is 11.6 Å². The van der Waals surface area contributed by atoms with Crippen LogP contribution >= 0.6 is 0 Å². The highest BCUT2D eigenvalue weighted by atomic mass is 19.1. The third-order valence-corrected chi connectivity index (χ3v) is 3.46. The van der Waals surface area contributed by atoms with Crippen molar-refractivity contribution < 1.29 is 9.13 Å². The molecule has 0 heterocycles. The van der Waals surface area contributed by atoms with Crippen molar-refractivity contribution in [2.45, 2.75) is 52.5 Å². The van der Waals surface area contributed by atoms with Gasteiger partial charge in [0.05, 0.1) is 7.11 Å². The molecule has 20 heavy (non-hydrogen) atoms. The van der Waals surface area contributed by atoms with Crippen molar-refractivity contribution in [3.8, 4) is 5.75 Å². The number of rotatable bonds is 7. The predicted molar refractivity (Wildman–Crippen MR) is 82.8 cm³/mol. The Morgan fingerprint density at radius 1 is 1.25 bits per heavy atom. The zero-order chi connectivity index (χ0) is 15.2. The molecule has 3 heteroatoms. The average Bonchev–Trinajstić information content (AvgIpc) is 2.35. The lowest BCUT2D eigenvalue weighted by Crippen LogP contribution is -2.36. The number of aryl methyl sites for hydroxylation is 1. The SMILES string of the molecule is COc1ccc(CCC(C)CCNC(C)(C)C)c(F)c1. The Bertz CT molecular complexity index is 412. The number of hydrogen-bond acceptors (Lipinski definition) is 2. The van der Waals surface area contributed by atoms with E-state index in [-0.39, 0.29) is 11.4 Å². The second kappa shape index (κ2) is 7.63. The van der Waals surface area contributed by atoms with Gasteiger partial charge in [-0.1, -0.05) is 13.0 Å². The van der Waals surface area contributed by atoms with Gasteiger partial charge in [0.25, 0.3) is 0 Å². The second-order valence-corrected chi connectivity index (χ2v) is 6.57. The molecule has 0 radical (unpaired) electrons. The van der Waals surface area contributed by atoms with Crippen LogP contribution in [-0.4, -0.2) is 19.2 Å². The fourth-order valence-corrected chi connectivity index (χ4v) is 2.10. The lowest BCUT2D eigenvalue weighted by atomic mass is 9.97. The summed E-state index contributed by atoms with van der Waals surface area (Å²) in [6, 6.07) is 5.11. The Morgan fingerprint density at radius 3 is 2.50 bits per heavy atom. The molecule has 114 valence electrons. The molecule has 0 saturated heterocycles. The first-order valence-corrected chi connectivity index (χ1v) is 7.39. The molecule has 0 amide bonds. The maximum atomic E-state index is 13.8. The van der Waals surface area contributed by atoms with Crippen molar-refractivity contribution in [3.63, 3.8) is 0 Å². The summed E-state index contributed by atoms with van der Waals surface area (Å²) < 4.78 is 18.8. The Kier molecular flexibility index (Phi) is 6.47. The third-order valence-electron chi connectivity index (χ3n) is 3.46. The van der Waals surface area contributed by atoms with Crippen molar-refractivity contribution in [1.82, 2.24) is 5.32 Å². The summed E-state index contributed by atoms with van der Waals surface area (Å²) in [5, 5.41) is 3.49. The van der Waals surface area contributed by atoms with Gasteiger partial charge < -0.3 is 10.1 Å². The van der Waals surface area contributed by atoms with Gasteiger partial charge in [-0.25, -0.2) is 4.39 Å². The molecule has 0 fully saturated rings. The van der Waals surface area contributed by atoms with E-state index in [0.717, 1.165) is 31.4 Å². The molecule has 0 aliphatic rings. The maximum Gasteiger partial charge on any atom is 0.130 e. The summed E-state index contributed by atoms with van der Waals surface area (Å²) in [6.07, 6.45) is 2.91. The largest absolute Gasteiger partial charge is 0.497 e. The van der Waals surface area contributed by atoms with Crippen molar-refractivity contribution in [3.05, 3.63) is 29.6 Å². The summed E-state index contributed by atoms with van der Waals surface area (Å²) in [4.78, 5) is 0. The van der Waals surface area contributed by atoms with Crippen molar-refractivity contribution in [2.75, 3.05) is 13.7 Å². The molecule has 2 nitrogen and oxygen atoms in total. The fraction of sp³-hybridized carbons (Fsp3) is 0.647.